The first kappa shape index (κ1) is 11.5. The van der Waals surface area contributed by atoms with E-state index in [1.165, 1.54) is 17.2 Å². The van der Waals surface area contributed by atoms with Gasteiger partial charge in [0.15, 0.2) is 0 Å². The van der Waals surface area contributed by atoms with Gasteiger partial charge in [0, 0.05) is 6.42 Å². The molecule has 0 aromatic carbocycles. The average Bonchev–Trinajstić information content (AvgIpc) is 2.67. The fourth-order valence-corrected chi connectivity index (χ4v) is 1.71. The SMILES string of the molecule is C=CC1(C(N)=O)CC=C(C)O1.c1cc2ccc1-2. The van der Waals surface area contributed by atoms with E-state index in [1.807, 2.05) is 6.08 Å². The van der Waals surface area contributed by atoms with Crippen molar-refractivity contribution in [3.8, 4) is 11.1 Å². The van der Waals surface area contributed by atoms with Crippen LogP contribution in [-0.4, -0.2) is 11.5 Å². The van der Waals surface area contributed by atoms with E-state index in [-0.39, 0.29) is 0 Å². The molecular weight excluding hydrogens is 214 g/mol. The largest absolute Gasteiger partial charge is 0.478 e. The number of hydrogen-bond donors (Lipinski definition) is 1. The topological polar surface area (TPSA) is 52.3 Å². The third-order valence-electron chi connectivity index (χ3n) is 3.00. The first-order chi connectivity index (χ1) is 8.07. The van der Waals surface area contributed by atoms with Crippen LogP contribution in [0.1, 0.15) is 13.3 Å². The molecule has 3 nitrogen and oxygen atoms in total. The van der Waals surface area contributed by atoms with Gasteiger partial charge in [0.2, 0.25) is 5.60 Å². The molecule has 1 heterocycles. The summed E-state index contributed by atoms with van der Waals surface area (Å²) in [4.78, 5) is 10.9. The van der Waals surface area contributed by atoms with Crippen molar-refractivity contribution >= 4 is 5.91 Å². The average molecular weight is 229 g/mol. The number of primary amides is 1. The van der Waals surface area contributed by atoms with Gasteiger partial charge in [-0.05, 0) is 30.2 Å². The van der Waals surface area contributed by atoms with Gasteiger partial charge in [-0.25, -0.2) is 0 Å². The van der Waals surface area contributed by atoms with Gasteiger partial charge in [-0.2, -0.15) is 0 Å². The van der Waals surface area contributed by atoms with Crippen molar-refractivity contribution in [1.29, 1.82) is 0 Å². The molecule has 0 saturated carbocycles. The fraction of sp³-hybridized carbons (Fsp3) is 0.214. The predicted octanol–water partition coefficient (Wildman–Crippen LogP) is 2.39. The van der Waals surface area contributed by atoms with Crippen LogP contribution in [0, 0.1) is 0 Å². The Morgan fingerprint density at radius 2 is 1.94 bits per heavy atom. The lowest BCUT2D eigenvalue weighted by Gasteiger charge is -2.21. The zero-order chi connectivity index (χ0) is 12.5. The molecule has 17 heavy (non-hydrogen) atoms. The maximum absolute atomic E-state index is 10.9. The molecular formula is C14H15NO2. The molecule has 88 valence electrons. The predicted molar refractivity (Wildman–Crippen MR) is 67.0 cm³/mol. The lowest BCUT2D eigenvalue weighted by molar-refractivity contribution is -0.131. The number of carbonyl (C=O) groups excluding carboxylic acids is 1. The highest BCUT2D eigenvalue weighted by molar-refractivity contribution is 5.86. The van der Waals surface area contributed by atoms with Gasteiger partial charge in [0.05, 0.1) is 5.76 Å². The van der Waals surface area contributed by atoms with E-state index >= 15 is 0 Å². The number of ether oxygens (including phenoxy) is 1. The van der Waals surface area contributed by atoms with Crippen molar-refractivity contribution in [1.82, 2.24) is 0 Å². The second-order valence-electron chi connectivity index (χ2n) is 4.16. The third kappa shape index (κ3) is 1.96. The van der Waals surface area contributed by atoms with E-state index in [0.717, 1.165) is 5.76 Å². The molecule has 3 heteroatoms. The van der Waals surface area contributed by atoms with E-state index in [0.29, 0.717) is 6.42 Å². The second kappa shape index (κ2) is 4.09. The van der Waals surface area contributed by atoms with E-state index in [1.54, 1.807) is 6.92 Å². The van der Waals surface area contributed by atoms with Crippen LogP contribution in [0.2, 0.25) is 0 Å². The Morgan fingerprint density at radius 1 is 1.41 bits per heavy atom. The first-order valence-electron chi connectivity index (χ1n) is 5.47. The van der Waals surface area contributed by atoms with Crippen LogP contribution >= 0.6 is 0 Å². The minimum Gasteiger partial charge on any atom is -0.478 e. The molecule has 0 spiro atoms. The molecule has 0 aromatic rings. The smallest absolute Gasteiger partial charge is 0.266 e. The normalized spacial score (nSPS) is 22.8. The van der Waals surface area contributed by atoms with Gasteiger partial charge in [-0.1, -0.05) is 30.8 Å². The maximum Gasteiger partial charge on any atom is 0.266 e. The zero-order valence-corrected chi connectivity index (χ0v) is 9.77. The van der Waals surface area contributed by atoms with Crippen LogP contribution < -0.4 is 5.73 Å². The van der Waals surface area contributed by atoms with Crippen molar-refractivity contribution < 1.29 is 9.53 Å². The molecule has 0 aromatic heterocycles. The van der Waals surface area contributed by atoms with Gasteiger partial charge in [0.25, 0.3) is 5.91 Å². The fourth-order valence-electron chi connectivity index (χ4n) is 1.71. The van der Waals surface area contributed by atoms with Crippen molar-refractivity contribution in [3.05, 3.63) is 48.8 Å². The summed E-state index contributed by atoms with van der Waals surface area (Å²) in [5.74, 6) is 0.240. The Kier molecular flexibility index (Phi) is 2.76. The first-order valence-corrected chi connectivity index (χ1v) is 5.47. The van der Waals surface area contributed by atoms with Crippen molar-refractivity contribution in [2.45, 2.75) is 18.9 Å². The van der Waals surface area contributed by atoms with Gasteiger partial charge in [-0.15, -0.1) is 0 Å². The minimum absolute atomic E-state index is 0.486. The standard InChI is InChI=1S/C8H11NO2.C6H4/c1-3-8(7(9)10)5-4-6(2)11-8;1-2-6-4-3-5(1)6/h3-4H,1,5H2,2H3,(H2,9,10);1-4H. The highest BCUT2D eigenvalue weighted by Crippen LogP contribution is 2.29. The Bertz CT molecular complexity index is 466. The summed E-state index contributed by atoms with van der Waals surface area (Å²) in [5.41, 5.74) is 7.01. The van der Waals surface area contributed by atoms with Gasteiger partial charge < -0.3 is 10.5 Å². The van der Waals surface area contributed by atoms with Gasteiger partial charge in [0.1, 0.15) is 0 Å². The highest BCUT2D eigenvalue weighted by atomic mass is 16.5. The molecule has 0 bridgehead atoms. The van der Waals surface area contributed by atoms with E-state index in [9.17, 15) is 4.79 Å². The summed E-state index contributed by atoms with van der Waals surface area (Å²) in [5, 5.41) is 0. The summed E-state index contributed by atoms with van der Waals surface area (Å²) in [7, 11) is 0. The summed E-state index contributed by atoms with van der Waals surface area (Å²) < 4.78 is 5.23. The lowest BCUT2D eigenvalue weighted by atomic mass is 9.95. The number of amides is 1. The van der Waals surface area contributed by atoms with E-state index < -0.39 is 11.5 Å². The molecule has 1 aliphatic heterocycles. The highest BCUT2D eigenvalue weighted by Gasteiger charge is 2.38. The lowest BCUT2D eigenvalue weighted by Crippen LogP contribution is -2.41. The Labute approximate surface area is 101 Å². The van der Waals surface area contributed by atoms with Gasteiger partial charge >= 0.3 is 0 Å². The van der Waals surface area contributed by atoms with Crippen LogP contribution in [0.3, 0.4) is 0 Å². The molecule has 3 rings (SSSR count). The number of nitrogens with two attached hydrogens (primary N) is 1. The van der Waals surface area contributed by atoms with Crippen molar-refractivity contribution in [2.75, 3.05) is 0 Å². The molecule has 0 fully saturated rings. The van der Waals surface area contributed by atoms with Gasteiger partial charge in [-0.3, -0.25) is 4.79 Å². The summed E-state index contributed by atoms with van der Waals surface area (Å²) in [6, 6.07) is 8.48. The van der Waals surface area contributed by atoms with Crippen molar-refractivity contribution in [2.24, 2.45) is 5.73 Å². The third-order valence-corrected chi connectivity index (χ3v) is 3.00. The summed E-state index contributed by atoms with van der Waals surface area (Å²) in [6.45, 7) is 5.30. The molecule has 3 aliphatic rings. The number of hydrogen-bond acceptors (Lipinski definition) is 2. The molecule has 0 saturated heterocycles. The van der Waals surface area contributed by atoms with Crippen molar-refractivity contribution in [3.63, 3.8) is 0 Å². The molecule has 2 N–H and O–H groups in total. The minimum atomic E-state index is -0.982. The molecule has 2 aliphatic carbocycles. The Morgan fingerprint density at radius 3 is 2.06 bits per heavy atom. The van der Waals surface area contributed by atoms with Crippen LogP contribution in [0.25, 0.3) is 11.1 Å². The quantitative estimate of drug-likeness (QED) is 0.804. The molecule has 1 atom stereocenters. The molecule has 1 amide bonds. The monoisotopic (exact) mass is 229 g/mol. The number of benzene rings is 1. The van der Waals surface area contributed by atoms with E-state index in [4.69, 9.17) is 10.5 Å². The Balaban J connectivity index is 0.000000148. The number of rotatable bonds is 2. The second-order valence-corrected chi connectivity index (χ2v) is 4.16. The Hall–Kier alpha value is -2.03. The number of fused-ring (bicyclic) bond motifs is 1. The summed E-state index contributed by atoms with van der Waals surface area (Å²) in [6.07, 6.45) is 3.77. The maximum atomic E-state index is 10.9. The van der Waals surface area contributed by atoms with Crippen LogP contribution in [0.15, 0.2) is 48.8 Å². The molecule has 1 unspecified atom stereocenters. The molecule has 0 radical (unpaired) electrons. The zero-order valence-electron chi connectivity index (χ0n) is 9.77. The van der Waals surface area contributed by atoms with Crippen LogP contribution in [-0.2, 0) is 9.53 Å². The summed E-state index contributed by atoms with van der Waals surface area (Å²) >= 11 is 0. The van der Waals surface area contributed by atoms with Crippen LogP contribution in [0.5, 0.6) is 0 Å². The number of carbonyl (C=O) groups is 1. The number of allylic oxidation sites excluding steroid dienone is 1. The van der Waals surface area contributed by atoms with Crippen LogP contribution in [0.4, 0.5) is 0 Å². The van der Waals surface area contributed by atoms with E-state index in [2.05, 4.69) is 30.8 Å².